The van der Waals surface area contributed by atoms with E-state index in [9.17, 15) is 9.59 Å². The Balaban J connectivity index is 2.01. The summed E-state index contributed by atoms with van der Waals surface area (Å²) in [4.78, 5) is 24.4. The number of rotatable bonds is 2. The van der Waals surface area contributed by atoms with Gasteiger partial charge in [0.1, 0.15) is 12.1 Å². The number of hydrogen-bond donors (Lipinski definition) is 1. The third kappa shape index (κ3) is 2.17. The molecule has 6 heteroatoms. The lowest BCUT2D eigenvalue weighted by molar-refractivity contribution is -0.152. The number of aliphatic carboxylic acids is 1. The van der Waals surface area contributed by atoms with Crippen molar-refractivity contribution >= 4 is 23.6 Å². The number of amides is 1. The van der Waals surface area contributed by atoms with Crippen LogP contribution in [0.15, 0.2) is 0 Å². The number of carboxylic acids is 1. The zero-order valence-corrected chi connectivity index (χ0v) is 9.90. The van der Waals surface area contributed by atoms with Gasteiger partial charge in [-0.15, -0.1) is 11.8 Å². The predicted molar refractivity (Wildman–Crippen MR) is 59.2 cm³/mol. The maximum absolute atomic E-state index is 12.0. The quantitative estimate of drug-likeness (QED) is 0.769. The van der Waals surface area contributed by atoms with Gasteiger partial charge in [-0.25, -0.2) is 4.79 Å². The Bertz CT molecular complexity index is 309. The summed E-state index contributed by atoms with van der Waals surface area (Å²) < 4.78 is 5.47. The number of ether oxygens (including phenoxy) is 1. The molecule has 0 spiro atoms. The molecule has 1 amide bonds. The maximum Gasteiger partial charge on any atom is 0.327 e. The summed E-state index contributed by atoms with van der Waals surface area (Å²) in [6.45, 7) is 1.93. The van der Waals surface area contributed by atoms with Gasteiger partial charge in [0, 0.05) is 5.75 Å². The van der Waals surface area contributed by atoms with Gasteiger partial charge in [-0.1, -0.05) is 0 Å². The van der Waals surface area contributed by atoms with Crippen molar-refractivity contribution in [1.82, 2.24) is 4.90 Å². The molecule has 0 aromatic carbocycles. The molecule has 5 nitrogen and oxygen atoms in total. The second kappa shape index (κ2) is 4.63. The van der Waals surface area contributed by atoms with E-state index in [0.717, 1.165) is 6.42 Å². The summed E-state index contributed by atoms with van der Waals surface area (Å²) in [5.41, 5.74) is 0. The first-order chi connectivity index (χ1) is 7.59. The number of thioether (sulfide) groups is 1. The van der Waals surface area contributed by atoms with Crippen molar-refractivity contribution < 1.29 is 19.4 Å². The van der Waals surface area contributed by atoms with E-state index in [1.807, 2.05) is 6.92 Å². The first-order valence-electron chi connectivity index (χ1n) is 5.36. The zero-order valence-electron chi connectivity index (χ0n) is 9.09. The summed E-state index contributed by atoms with van der Waals surface area (Å²) >= 11 is 1.48. The Labute approximate surface area is 98.1 Å². The maximum atomic E-state index is 12.0. The minimum atomic E-state index is -0.926. The highest BCUT2D eigenvalue weighted by Gasteiger charge is 2.39. The average molecular weight is 245 g/mol. The Morgan fingerprint density at radius 3 is 2.75 bits per heavy atom. The molecule has 2 rings (SSSR count). The van der Waals surface area contributed by atoms with E-state index >= 15 is 0 Å². The van der Waals surface area contributed by atoms with Crippen LogP contribution in [0.5, 0.6) is 0 Å². The minimum absolute atomic E-state index is 0.104. The van der Waals surface area contributed by atoms with Gasteiger partial charge in [-0.05, 0) is 19.8 Å². The van der Waals surface area contributed by atoms with Gasteiger partial charge < -0.3 is 14.7 Å². The number of carbonyl (C=O) groups excluding carboxylic acids is 1. The van der Waals surface area contributed by atoms with Gasteiger partial charge in [0.25, 0.3) is 5.91 Å². The summed E-state index contributed by atoms with van der Waals surface area (Å²) in [6, 6.07) is -0.683. The second-order valence-corrected chi connectivity index (χ2v) is 5.17. The van der Waals surface area contributed by atoms with Gasteiger partial charge in [0.05, 0.1) is 12.0 Å². The Morgan fingerprint density at radius 2 is 2.19 bits per heavy atom. The van der Waals surface area contributed by atoms with Crippen LogP contribution >= 0.6 is 11.8 Å². The van der Waals surface area contributed by atoms with Crippen molar-refractivity contribution in [3.63, 3.8) is 0 Å². The molecule has 2 unspecified atom stereocenters. The van der Waals surface area contributed by atoms with Gasteiger partial charge in [0.15, 0.2) is 0 Å². The molecule has 2 fully saturated rings. The molecule has 0 aromatic heterocycles. The molecule has 0 aliphatic carbocycles. The Hall–Kier alpha value is -0.750. The van der Waals surface area contributed by atoms with Crippen molar-refractivity contribution in [3.8, 4) is 0 Å². The van der Waals surface area contributed by atoms with Crippen LogP contribution in [0.3, 0.4) is 0 Å². The summed E-state index contributed by atoms with van der Waals surface area (Å²) in [5.74, 6) is -0.154. The molecular formula is C10H15NO4S. The number of carbonyl (C=O) groups is 2. The van der Waals surface area contributed by atoms with Crippen LogP contribution in [0.1, 0.15) is 19.8 Å². The molecule has 2 aliphatic rings. The lowest BCUT2D eigenvalue weighted by Crippen LogP contribution is -2.46. The molecule has 0 bridgehead atoms. The van der Waals surface area contributed by atoms with Crippen LogP contribution in [0.2, 0.25) is 0 Å². The van der Waals surface area contributed by atoms with E-state index in [2.05, 4.69) is 0 Å². The van der Waals surface area contributed by atoms with Crippen LogP contribution in [-0.4, -0.2) is 51.8 Å². The first-order valence-corrected chi connectivity index (χ1v) is 6.51. The molecule has 0 radical (unpaired) electrons. The monoisotopic (exact) mass is 245 g/mol. The summed E-state index contributed by atoms with van der Waals surface area (Å²) in [6.07, 6.45) is 1.24. The second-order valence-electron chi connectivity index (χ2n) is 4.17. The molecule has 0 saturated carbocycles. The highest BCUT2D eigenvalue weighted by Crippen LogP contribution is 2.26. The highest BCUT2D eigenvalue weighted by atomic mass is 32.2. The Kier molecular flexibility index (Phi) is 3.39. The van der Waals surface area contributed by atoms with Gasteiger partial charge in [0.2, 0.25) is 0 Å². The molecule has 0 aromatic rings. The van der Waals surface area contributed by atoms with E-state index in [1.54, 1.807) is 0 Å². The number of carboxylic acid groups (broad SMARTS) is 1. The lowest BCUT2D eigenvalue weighted by atomic mass is 10.1. The largest absolute Gasteiger partial charge is 0.480 e. The minimum Gasteiger partial charge on any atom is -0.480 e. The third-order valence-electron chi connectivity index (χ3n) is 2.96. The molecule has 3 atom stereocenters. The van der Waals surface area contributed by atoms with Crippen molar-refractivity contribution in [2.45, 2.75) is 38.0 Å². The zero-order chi connectivity index (χ0) is 11.7. The van der Waals surface area contributed by atoms with E-state index < -0.39 is 18.1 Å². The van der Waals surface area contributed by atoms with Gasteiger partial charge in [-0.2, -0.15) is 0 Å². The van der Waals surface area contributed by atoms with Crippen LogP contribution in [0.4, 0.5) is 0 Å². The third-order valence-corrected chi connectivity index (χ3v) is 3.97. The van der Waals surface area contributed by atoms with Crippen LogP contribution in [0, 0.1) is 0 Å². The fourth-order valence-electron chi connectivity index (χ4n) is 2.03. The molecule has 90 valence electrons. The fourth-order valence-corrected chi connectivity index (χ4v) is 3.19. The van der Waals surface area contributed by atoms with E-state index in [4.69, 9.17) is 9.84 Å². The topological polar surface area (TPSA) is 66.8 Å². The van der Waals surface area contributed by atoms with Crippen LogP contribution < -0.4 is 0 Å². The lowest BCUT2D eigenvalue weighted by Gasteiger charge is -2.23. The normalized spacial score (nSPS) is 34.3. The predicted octanol–water partition coefficient (Wildman–Crippen LogP) is 0.540. The molecule has 2 saturated heterocycles. The SMILES string of the molecule is CC1CCC(C(=O)N2CSC[C@H]2C(=O)O)O1. The summed E-state index contributed by atoms with van der Waals surface area (Å²) in [7, 11) is 0. The van der Waals surface area contributed by atoms with Crippen molar-refractivity contribution in [2.24, 2.45) is 0 Å². The van der Waals surface area contributed by atoms with Crippen LogP contribution in [-0.2, 0) is 14.3 Å². The first kappa shape index (κ1) is 11.7. The van der Waals surface area contributed by atoms with Crippen molar-refractivity contribution in [2.75, 3.05) is 11.6 Å². The molecule has 2 aliphatic heterocycles. The number of hydrogen-bond acceptors (Lipinski definition) is 4. The smallest absolute Gasteiger partial charge is 0.327 e. The number of nitrogens with zero attached hydrogens (tertiary/aromatic N) is 1. The van der Waals surface area contributed by atoms with E-state index in [0.29, 0.717) is 18.1 Å². The van der Waals surface area contributed by atoms with E-state index in [1.165, 1.54) is 16.7 Å². The molecule has 2 heterocycles. The molecule has 16 heavy (non-hydrogen) atoms. The molecule has 1 N–H and O–H groups in total. The van der Waals surface area contributed by atoms with Gasteiger partial charge >= 0.3 is 5.97 Å². The fraction of sp³-hybridized carbons (Fsp3) is 0.800. The van der Waals surface area contributed by atoms with Gasteiger partial charge in [-0.3, -0.25) is 4.79 Å². The standard InChI is InChI=1S/C10H15NO4S/c1-6-2-3-8(15-6)9(12)11-5-16-4-7(11)10(13)14/h6-8H,2-5H2,1H3,(H,13,14)/t6?,7-,8?/m0/s1. The van der Waals surface area contributed by atoms with Crippen molar-refractivity contribution in [3.05, 3.63) is 0 Å². The van der Waals surface area contributed by atoms with E-state index in [-0.39, 0.29) is 12.0 Å². The van der Waals surface area contributed by atoms with Crippen LogP contribution in [0.25, 0.3) is 0 Å². The van der Waals surface area contributed by atoms with Crippen molar-refractivity contribution in [1.29, 1.82) is 0 Å². The molecular weight excluding hydrogens is 230 g/mol. The Morgan fingerprint density at radius 1 is 1.44 bits per heavy atom. The average Bonchev–Trinajstić information content (AvgIpc) is 2.84. The summed E-state index contributed by atoms with van der Waals surface area (Å²) in [5, 5.41) is 8.98. The highest BCUT2D eigenvalue weighted by molar-refractivity contribution is 7.99.